The third-order valence-corrected chi connectivity index (χ3v) is 2.79. The van der Waals surface area contributed by atoms with E-state index in [9.17, 15) is 19.9 Å². The summed E-state index contributed by atoms with van der Waals surface area (Å²) in [6.45, 7) is -0.644. The highest BCUT2D eigenvalue weighted by atomic mass is 31.2. The lowest BCUT2D eigenvalue weighted by Gasteiger charge is -2.39. The van der Waals surface area contributed by atoms with E-state index in [1.165, 1.54) is 7.11 Å². The molecule has 0 saturated carbocycles. The molecule has 5 N–H and O–H groups in total. The Morgan fingerprint density at radius 1 is 1.18 bits per heavy atom. The Hall–Kier alpha value is -0.0900. The average Bonchev–Trinajstić information content (AvgIpc) is 2.24. The molecule has 102 valence electrons. The lowest BCUT2D eigenvalue weighted by atomic mass is 9.99. The van der Waals surface area contributed by atoms with Gasteiger partial charge in [0.15, 0.2) is 6.29 Å². The van der Waals surface area contributed by atoms with Crippen molar-refractivity contribution in [2.45, 2.75) is 30.7 Å². The molecule has 0 radical (unpaired) electrons. The van der Waals surface area contributed by atoms with Crippen molar-refractivity contribution in [2.75, 3.05) is 13.7 Å². The van der Waals surface area contributed by atoms with E-state index in [1.807, 2.05) is 0 Å². The van der Waals surface area contributed by atoms with E-state index in [0.717, 1.165) is 0 Å². The molecule has 1 saturated heterocycles. The molecule has 0 aromatic rings. The van der Waals surface area contributed by atoms with Crippen LogP contribution in [0.25, 0.3) is 0 Å². The van der Waals surface area contributed by atoms with Crippen LogP contribution in [0, 0.1) is 0 Å². The van der Waals surface area contributed by atoms with E-state index >= 15 is 0 Å². The first-order chi connectivity index (χ1) is 7.76. The van der Waals surface area contributed by atoms with Gasteiger partial charge in [-0.15, -0.1) is 0 Å². The summed E-state index contributed by atoms with van der Waals surface area (Å²) < 4.78 is 24.3. The molecule has 0 aromatic heterocycles. The van der Waals surface area contributed by atoms with E-state index in [2.05, 4.69) is 4.52 Å². The van der Waals surface area contributed by atoms with Gasteiger partial charge in [-0.1, -0.05) is 0 Å². The quantitative estimate of drug-likeness (QED) is 0.352. The van der Waals surface area contributed by atoms with Crippen molar-refractivity contribution in [3.05, 3.63) is 0 Å². The first-order valence-electron chi connectivity index (χ1n) is 4.69. The summed E-state index contributed by atoms with van der Waals surface area (Å²) in [7, 11) is -3.49. The van der Waals surface area contributed by atoms with Crippen LogP contribution >= 0.6 is 7.82 Å². The molecule has 0 amide bonds. The van der Waals surface area contributed by atoms with E-state index < -0.39 is 45.1 Å². The van der Waals surface area contributed by atoms with Crippen LogP contribution in [-0.2, 0) is 18.6 Å². The van der Waals surface area contributed by atoms with Gasteiger partial charge in [0.05, 0.1) is 6.61 Å². The van der Waals surface area contributed by atoms with Crippen molar-refractivity contribution in [3.63, 3.8) is 0 Å². The largest absolute Gasteiger partial charge is 0.469 e. The SMILES string of the molecule is CO[C@@H]1O[C@H](COP(=O)(O)O)[C@@H](O)[C@H](O)[C@H]1O. The summed E-state index contributed by atoms with van der Waals surface area (Å²) in [5.41, 5.74) is 0. The highest BCUT2D eigenvalue weighted by Gasteiger charge is 2.44. The third-order valence-electron chi connectivity index (χ3n) is 2.31. The molecule has 0 spiro atoms. The molecule has 1 aliphatic heterocycles. The Morgan fingerprint density at radius 2 is 1.76 bits per heavy atom. The minimum absolute atomic E-state index is 0.644. The normalized spacial score (nSPS) is 39.3. The molecule has 1 rings (SSSR count). The number of aliphatic hydroxyl groups excluding tert-OH is 3. The highest BCUT2D eigenvalue weighted by molar-refractivity contribution is 7.46. The number of ether oxygens (including phenoxy) is 2. The minimum Gasteiger partial charge on any atom is -0.387 e. The van der Waals surface area contributed by atoms with E-state index in [4.69, 9.17) is 19.3 Å². The number of phosphoric acid groups is 1. The molecule has 1 aliphatic rings. The van der Waals surface area contributed by atoms with Crippen LogP contribution in [0.15, 0.2) is 0 Å². The number of phosphoric ester groups is 1. The summed E-state index contributed by atoms with van der Waals surface area (Å²) in [5, 5.41) is 28.3. The fraction of sp³-hybridized carbons (Fsp3) is 1.00. The third kappa shape index (κ3) is 3.95. The Labute approximate surface area is 96.8 Å². The molecule has 0 aliphatic carbocycles. The Morgan fingerprint density at radius 3 is 2.24 bits per heavy atom. The van der Waals surface area contributed by atoms with Crippen molar-refractivity contribution in [1.29, 1.82) is 0 Å². The molecule has 10 heteroatoms. The number of hydrogen-bond donors (Lipinski definition) is 5. The van der Waals surface area contributed by atoms with Crippen LogP contribution in [0.3, 0.4) is 0 Å². The Kier molecular flexibility index (Phi) is 5.02. The second-order valence-electron chi connectivity index (χ2n) is 3.54. The number of aliphatic hydroxyl groups is 3. The van der Waals surface area contributed by atoms with Crippen LogP contribution in [-0.4, -0.2) is 69.5 Å². The summed E-state index contributed by atoms with van der Waals surface area (Å²) in [6.07, 6.45) is -6.98. The molecule has 0 bridgehead atoms. The lowest BCUT2D eigenvalue weighted by Crippen LogP contribution is -2.59. The highest BCUT2D eigenvalue weighted by Crippen LogP contribution is 2.36. The zero-order chi connectivity index (χ0) is 13.2. The summed E-state index contributed by atoms with van der Waals surface area (Å²) >= 11 is 0. The topological polar surface area (TPSA) is 146 Å². The maximum absolute atomic E-state index is 10.5. The van der Waals surface area contributed by atoms with E-state index in [0.29, 0.717) is 0 Å². The maximum Gasteiger partial charge on any atom is 0.469 e. The smallest absolute Gasteiger partial charge is 0.387 e. The second kappa shape index (κ2) is 5.70. The lowest BCUT2D eigenvalue weighted by molar-refractivity contribution is -0.293. The van der Waals surface area contributed by atoms with Crippen LogP contribution < -0.4 is 0 Å². The van der Waals surface area contributed by atoms with Gasteiger partial charge in [0.2, 0.25) is 0 Å². The Bertz CT molecular complexity index is 289. The predicted octanol–water partition coefficient (Wildman–Crippen LogP) is -2.45. The van der Waals surface area contributed by atoms with Gasteiger partial charge >= 0.3 is 7.82 Å². The van der Waals surface area contributed by atoms with Crippen molar-refractivity contribution >= 4 is 7.82 Å². The number of rotatable bonds is 4. The van der Waals surface area contributed by atoms with Gasteiger partial charge in [-0.25, -0.2) is 4.57 Å². The number of hydrogen-bond acceptors (Lipinski definition) is 7. The zero-order valence-electron chi connectivity index (χ0n) is 8.91. The van der Waals surface area contributed by atoms with Gasteiger partial charge in [0, 0.05) is 7.11 Å². The second-order valence-corrected chi connectivity index (χ2v) is 4.78. The summed E-state index contributed by atoms with van der Waals surface area (Å²) in [4.78, 5) is 17.0. The standard InChI is InChI=1S/C7H15O9P/c1-14-7-6(10)5(9)4(8)3(16-7)2-15-17(11,12)13/h3-10H,2H2,1H3,(H2,11,12,13)/t3-,4-,5+,6-,7-/m1/s1. The number of methoxy groups -OCH3 is 1. The van der Waals surface area contributed by atoms with Gasteiger partial charge in [-0.2, -0.15) is 0 Å². The van der Waals surface area contributed by atoms with Gasteiger partial charge in [0.25, 0.3) is 0 Å². The molecule has 1 fully saturated rings. The molecule has 17 heavy (non-hydrogen) atoms. The average molecular weight is 274 g/mol. The van der Waals surface area contributed by atoms with Crippen LogP contribution in [0.2, 0.25) is 0 Å². The van der Waals surface area contributed by atoms with Gasteiger partial charge in [0.1, 0.15) is 24.4 Å². The first-order valence-corrected chi connectivity index (χ1v) is 6.22. The minimum atomic E-state index is -4.70. The van der Waals surface area contributed by atoms with Crippen molar-refractivity contribution < 1.29 is 43.7 Å². The fourth-order valence-electron chi connectivity index (χ4n) is 1.42. The molecular formula is C7H15O9P. The first kappa shape index (κ1) is 15.0. The van der Waals surface area contributed by atoms with Crippen molar-refractivity contribution in [2.24, 2.45) is 0 Å². The van der Waals surface area contributed by atoms with Gasteiger partial charge in [-0.3, -0.25) is 4.52 Å². The fourth-order valence-corrected chi connectivity index (χ4v) is 1.76. The van der Waals surface area contributed by atoms with Crippen molar-refractivity contribution in [3.8, 4) is 0 Å². The molecule has 1 heterocycles. The van der Waals surface area contributed by atoms with Gasteiger partial charge < -0.3 is 34.6 Å². The molecule has 0 aromatic carbocycles. The van der Waals surface area contributed by atoms with E-state index in [-0.39, 0.29) is 0 Å². The van der Waals surface area contributed by atoms with Crippen LogP contribution in [0.5, 0.6) is 0 Å². The zero-order valence-corrected chi connectivity index (χ0v) is 9.80. The van der Waals surface area contributed by atoms with Crippen LogP contribution in [0.4, 0.5) is 0 Å². The molecular weight excluding hydrogens is 259 g/mol. The van der Waals surface area contributed by atoms with Crippen molar-refractivity contribution in [1.82, 2.24) is 0 Å². The molecule has 5 atom stereocenters. The van der Waals surface area contributed by atoms with E-state index in [1.54, 1.807) is 0 Å². The molecule has 0 unspecified atom stereocenters. The monoisotopic (exact) mass is 274 g/mol. The summed E-state index contributed by atoms with van der Waals surface area (Å²) in [5.74, 6) is 0. The predicted molar refractivity (Wildman–Crippen MR) is 51.7 cm³/mol. The Balaban J connectivity index is 2.62. The van der Waals surface area contributed by atoms with Crippen LogP contribution in [0.1, 0.15) is 0 Å². The maximum atomic E-state index is 10.5. The molecule has 9 nitrogen and oxygen atoms in total. The summed E-state index contributed by atoms with van der Waals surface area (Å²) in [6, 6.07) is 0. The van der Waals surface area contributed by atoms with Gasteiger partial charge in [-0.05, 0) is 0 Å².